The first-order valence-corrected chi connectivity index (χ1v) is 14.0. The molecule has 7 heteroatoms. The van der Waals surface area contributed by atoms with E-state index in [4.69, 9.17) is 9.47 Å². The van der Waals surface area contributed by atoms with Crippen molar-refractivity contribution in [3.63, 3.8) is 0 Å². The zero-order valence-electron chi connectivity index (χ0n) is 20.4. The lowest BCUT2D eigenvalue weighted by molar-refractivity contribution is 0.0493. The first-order chi connectivity index (χ1) is 16.3. The van der Waals surface area contributed by atoms with Gasteiger partial charge in [0.15, 0.2) is 0 Å². The number of sulfonamides is 1. The van der Waals surface area contributed by atoms with Crippen molar-refractivity contribution in [2.75, 3.05) is 24.1 Å². The van der Waals surface area contributed by atoms with Crippen LogP contribution < -0.4 is 9.04 Å². The molecule has 2 aromatic carbocycles. The van der Waals surface area contributed by atoms with E-state index in [0.29, 0.717) is 24.0 Å². The summed E-state index contributed by atoms with van der Waals surface area (Å²) in [4.78, 5) is 0. The van der Waals surface area contributed by atoms with Gasteiger partial charge in [0.2, 0.25) is 5.44 Å². The molecule has 1 N–H and O–H groups in total. The number of ether oxygens (including phenoxy) is 2. The van der Waals surface area contributed by atoms with Crippen LogP contribution in [0.1, 0.15) is 62.2 Å². The summed E-state index contributed by atoms with van der Waals surface area (Å²) in [5.41, 5.74) is 1.47. The number of fused-ring (bicyclic) bond motifs is 1. The fourth-order valence-corrected chi connectivity index (χ4v) is 6.92. The van der Waals surface area contributed by atoms with E-state index in [1.165, 1.54) is 9.87 Å². The second kappa shape index (κ2) is 10.7. The molecule has 0 radical (unpaired) electrons. The minimum absolute atomic E-state index is 0.112. The average molecular weight is 488 g/mol. The summed E-state index contributed by atoms with van der Waals surface area (Å²) >= 11 is 0. The average Bonchev–Trinajstić information content (AvgIpc) is 2.86. The van der Waals surface area contributed by atoms with Crippen LogP contribution in [0, 0.1) is 11.8 Å². The molecule has 0 aromatic heterocycles. The molecule has 4 rings (SSSR count). The molecule has 1 fully saturated rings. The Kier molecular flexibility index (Phi) is 7.85. The fraction of sp³-hybridized carbons (Fsp3) is 0.556. The van der Waals surface area contributed by atoms with Crippen molar-refractivity contribution in [1.29, 1.82) is 0 Å². The second-order valence-corrected chi connectivity index (χ2v) is 11.6. The Balaban J connectivity index is 1.66. The SMILES string of the molecule is CCc1ccc2c(c1)CCC(C(C)C)N2S(=O)(=O)C(O)c1ccccc1OCC1CCOCC1. The zero-order chi connectivity index (χ0) is 24.3. The summed E-state index contributed by atoms with van der Waals surface area (Å²) < 4.78 is 40.9. The Morgan fingerprint density at radius 1 is 1.12 bits per heavy atom. The van der Waals surface area contributed by atoms with Crippen molar-refractivity contribution in [2.24, 2.45) is 11.8 Å². The van der Waals surface area contributed by atoms with E-state index >= 15 is 0 Å². The molecule has 2 aromatic rings. The van der Waals surface area contributed by atoms with E-state index < -0.39 is 15.5 Å². The molecule has 0 spiro atoms. The Morgan fingerprint density at radius 2 is 1.85 bits per heavy atom. The lowest BCUT2D eigenvalue weighted by atomic mass is 9.90. The number of aliphatic hydroxyl groups is 1. The van der Waals surface area contributed by atoms with Gasteiger partial charge in [-0.05, 0) is 67.2 Å². The molecule has 0 bridgehead atoms. The van der Waals surface area contributed by atoms with Crippen molar-refractivity contribution in [3.05, 3.63) is 59.2 Å². The van der Waals surface area contributed by atoms with Crippen molar-refractivity contribution < 1.29 is 23.0 Å². The molecule has 6 nitrogen and oxygen atoms in total. The number of anilines is 1. The van der Waals surface area contributed by atoms with Gasteiger partial charge >= 0.3 is 0 Å². The number of hydrogen-bond donors (Lipinski definition) is 1. The van der Waals surface area contributed by atoms with Gasteiger partial charge in [-0.3, -0.25) is 4.31 Å². The van der Waals surface area contributed by atoms with Gasteiger partial charge in [0.25, 0.3) is 10.0 Å². The Labute approximate surface area is 203 Å². The summed E-state index contributed by atoms with van der Waals surface area (Å²) in [6.45, 7) is 8.09. The number of nitrogens with zero attached hydrogens (tertiary/aromatic N) is 1. The van der Waals surface area contributed by atoms with Crippen LogP contribution in [0.2, 0.25) is 0 Å². The van der Waals surface area contributed by atoms with Crippen molar-refractivity contribution in [2.45, 2.75) is 64.4 Å². The number of rotatable bonds is 8. The summed E-state index contributed by atoms with van der Waals surface area (Å²) in [6.07, 6.45) is 4.30. The quantitative estimate of drug-likeness (QED) is 0.576. The molecular formula is C27H37NO5S. The van der Waals surface area contributed by atoms with Crippen LogP contribution in [0.15, 0.2) is 42.5 Å². The number of aryl methyl sites for hydroxylation is 2. The number of aliphatic hydroxyl groups excluding tert-OH is 1. The fourth-order valence-electron chi connectivity index (χ4n) is 5.01. The highest BCUT2D eigenvalue weighted by molar-refractivity contribution is 7.92. The highest BCUT2D eigenvalue weighted by Gasteiger charge is 2.41. The molecule has 2 unspecified atom stereocenters. The van der Waals surface area contributed by atoms with Gasteiger partial charge in [-0.2, -0.15) is 0 Å². The number of para-hydroxylation sites is 1. The molecule has 2 heterocycles. The third-order valence-electron chi connectivity index (χ3n) is 7.13. The maximum absolute atomic E-state index is 14.0. The summed E-state index contributed by atoms with van der Waals surface area (Å²) in [6, 6.07) is 12.7. The van der Waals surface area contributed by atoms with E-state index in [9.17, 15) is 13.5 Å². The van der Waals surface area contributed by atoms with Gasteiger partial charge in [-0.1, -0.05) is 51.1 Å². The molecule has 0 amide bonds. The predicted octanol–water partition coefficient (Wildman–Crippen LogP) is 4.85. The van der Waals surface area contributed by atoms with Crippen molar-refractivity contribution in [1.82, 2.24) is 0 Å². The van der Waals surface area contributed by atoms with Gasteiger partial charge in [-0.25, -0.2) is 8.42 Å². The van der Waals surface area contributed by atoms with Crippen LogP contribution in [-0.2, 0) is 27.6 Å². The van der Waals surface area contributed by atoms with E-state index in [0.717, 1.165) is 50.9 Å². The van der Waals surface area contributed by atoms with Crippen LogP contribution in [0.5, 0.6) is 5.75 Å². The lowest BCUT2D eigenvalue weighted by Gasteiger charge is -2.41. The van der Waals surface area contributed by atoms with E-state index in [1.807, 2.05) is 32.0 Å². The van der Waals surface area contributed by atoms with Crippen molar-refractivity contribution >= 4 is 15.7 Å². The molecular weight excluding hydrogens is 450 g/mol. The van der Waals surface area contributed by atoms with Gasteiger partial charge in [0.1, 0.15) is 5.75 Å². The third kappa shape index (κ3) is 5.11. The Hall–Kier alpha value is -2.09. The molecule has 186 valence electrons. The molecule has 0 aliphatic carbocycles. The van der Waals surface area contributed by atoms with Crippen LogP contribution in [0.4, 0.5) is 5.69 Å². The molecule has 1 saturated heterocycles. The molecule has 2 atom stereocenters. The van der Waals surface area contributed by atoms with Crippen LogP contribution in [0.25, 0.3) is 0 Å². The summed E-state index contributed by atoms with van der Waals surface area (Å²) in [5.74, 6) is 0.897. The summed E-state index contributed by atoms with van der Waals surface area (Å²) in [7, 11) is -4.12. The first-order valence-electron chi connectivity index (χ1n) is 12.5. The highest BCUT2D eigenvalue weighted by Crippen LogP contribution is 2.41. The minimum Gasteiger partial charge on any atom is -0.493 e. The molecule has 34 heavy (non-hydrogen) atoms. The maximum atomic E-state index is 14.0. The van der Waals surface area contributed by atoms with Crippen LogP contribution in [-0.4, -0.2) is 39.4 Å². The predicted molar refractivity (Wildman–Crippen MR) is 135 cm³/mol. The number of benzene rings is 2. The monoisotopic (exact) mass is 487 g/mol. The molecule has 2 aliphatic heterocycles. The standard InChI is InChI=1S/C27H37NO5S/c1-4-20-9-11-25-22(17-20)10-12-24(19(2)3)28(25)34(30,31)27(29)23-7-5-6-8-26(23)33-18-21-13-15-32-16-14-21/h5-9,11,17,19,21,24,27,29H,4,10,12-16,18H2,1-3H3. The van der Waals surface area contributed by atoms with Gasteiger partial charge in [-0.15, -0.1) is 0 Å². The maximum Gasteiger partial charge on any atom is 0.266 e. The smallest absolute Gasteiger partial charge is 0.266 e. The normalized spacial score (nSPS) is 20.3. The number of hydrogen-bond acceptors (Lipinski definition) is 5. The van der Waals surface area contributed by atoms with E-state index in [1.54, 1.807) is 18.2 Å². The van der Waals surface area contributed by atoms with Gasteiger partial charge < -0.3 is 14.6 Å². The lowest BCUT2D eigenvalue weighted by Crippen LogP contribution is -2.48. The Bertz CT molecular complexity index is 1080. The Morgan fingerprint density at radius 3 is 2.56 bits per heavy atom. The third-order valence-corrected chi connectivity index (χ3v) is 8.96. The first kappa shape index (κ1) is 25.0. The molecule has 2 aliphatic rings. The highest BCUT2D eigenvalue weighted by atomic mass is 32.2. The van der Waals surface area contributed by atoms with E-state index in [2.05, 4.69) is 13.0 Å². The van der Waals surface area contributed by atoms with Crippen molar-refractivity contribution in [3.8, 4) is 5.75 Å². The van der Waals surface area contributed by atoms with Gasteiger partial charge in [0, 0.05) is 24.8 Å². The van der Waals surface area contributed by atoms with Crippen LogP contribution >= 0.6 is 0 Å². The zero-order valence-corrected chi connectivity index (χ0v) is 21.3. The van der Waals surface area contributed by atoms with E-state index in [-0.39, 0.29) is 17.5 Å². The molecule has 0 saturated carbocycles. The minimum atomic E-state index is -4.12. The van der Waals surface area contributed by atoms with Gasteiger partial charge in [0.05, 0.1) is 12.3 Å². The second-order valence-electron chi connectivity index (χ2n) is 9.76. The summed E-state index contributed by atoms with van der Waals surface area (Å²) in [5, 5.41) is 11.3. The topological polar surface area (TPSA) is 76.1 Å². The van der Waals surface area contributed by atoms with Crippen LogP contribution in [0.3, 0.4) is 0 Å². The largest absolute Gasteiger partial charge is 0.493 e.